The van der Waals surface area contributed by atoms with Crippen molar-refractivity contribution in [1.82, 2.24) is 15.0 Å². The topological polar surface area (TPSA) is 57.1 Å². The second-order valence-electron chi connectivity index (χ2n) is 12.5. The van der Waals surface area contributed by atoms with E-state index in [1.54, 1.807) is 13.2 Å². The average molecular weight is 696 g/mol. The van der Waals surface area contributed by atoms with E-state index in [-0.39, 0.29) is 12.0 Å². The third-order valence-electron chi connectivity index (χ3n) is 8.88. The normalized spacial score (nSPS) is 15.1. The summed E-state index contributed by atoms with van der Waals surface area (Å²) >= 11 is 0. The van der Waals surface area contributed by atoms with Crippen LogP contribution in [-0.2, 0) is 0 Å². The summed E-state index contributed by atoms with van der Waals surface area (Å²) in [6, 6.07) is 43.2. The minimum Gasteiger partial charge on any atom is -0.496 e. The summed E-state index contributed by atoms with van der Waals surface area (Å²) in [5.41, 5.74) is 8.27. The first kappa shape index (κ1) is 36.5. The molecular weight excluding hydrogens is 651 g/mol. The van der Waals surface area contributed by atoms with Gasteiger partial charge in [-0.3, -0.25) is 0 Å². The van der Waals surface area contributed by atoms with Crippen LogP contribution in [0, 0.1) is 0 Å². The van der Waals surface area contributed by atoms with Crippen LogP contribution in [0.25, 0.3) is 50.6 Å². The standard InChI is InChI=1S/C40H29N3O2.C5H10.C3H6/c1-44-36-24-28(20-22-33(36)31-17-9-8-16-30(31)26-12-4-2-5-13-26)39-41-38(27-14-6-3-7-15-27)42-40(43-39)29-21-23-34-32-18-10-11-19-35(32)45-37(34)25-29;1-3-5-4-2;1-3-2/h2-25,34,37H,1H3;3,5H,4H2,1-2H3;3H,1H2,2H3/b;5-3-;. The maximum absolute atomic E-state index is 6.30. The van der Waals surface area contributed by atoms with Crippen molar-refractivity contribution in [2.45, 2.75) is 39.2 Å². The Hall–Kier alpha value is -6.33. The average Bonchev–Trinajstić information content (AvgIpc) is 3.60. The van der Waals surface area contributed by atoms with Crippen LogP contribution in [0.2, 0.25) is 0 Å². The molecule has 1 aliphatic carbocycles. The van der Waals surface area contributed by atoms with Crippen molar-refractivity contribution in [3.63, 3.8) is 0 Å². The third-order valence-corrected chi connectivity index (χ3v) is 8.88. The largest absolute Gasteiger partial charge is 0.496 e. The minimum absolute atomic E-state index is 0.105. The van der Waals surface area contributed by atoms with Gasteiger partial charge in [0.1, 0.15) is 17.6 Å². The highest BCUT2D eigenvalue weighted by Gasteiger charge is 2.33. The molecule has 5 nitrogen and oxygen atoms in total. The lowest BCUT2D eigenvalue weighted by Crippen LogP contribution is -2.18. The van der Waals surface area contributed by atoms with E-state index in [2.05, 4.69) is 117 Å². The number of methoxy groups -OCH3 is 1. The van der Waals surface area contributed by atoms with E-state index in [9.17, 15) is 0 Å². The molecule has 2 heterocycles. The summed E-state index contributed by atoms with van der Waals surface area (Å²) in [4.78, 5) is 14.9. The Morgan fingerprint density at radius 2 is 1.28 bits per heavy atom. The number of hydrogen-bond acceptors (Lipinski definition) is 5. The predicted molar refractivity (Wildman–Crippen MR) is 220 cm³/mol. The quantitative estimate of drug-likeness (QED) is 0.156. The van der Waals surface area contributed by atoms with Gasteiger partial charge >= 0.3 is 0 Å². The first-order chi connectivity index (χ1) is 26.1. The summed E-state index contributed by atoms with van der Waals surface area (Å²) in [5, 5.41) is 0. The van der Waals surface area contributed by atoms with Crippen molar-refractivity contribution in [3.05, 3.63) is 182 Å². The molecule has 0 fully saturated rings. The monoisotopic (exact) mass is 695 g/mol. The van der Waals surface area contributed by atoms with E-state index >= 15 is 0 Å². The number of nitrogens with zero attached hydrogens (tertiary/aromatic N) is 3. The van der Waals surface area contributed by atoms with Crippen LogP contribution in [-0.4, -0.2) is 28.2 Å². The fourth-order valence-electron chi connectivity index (χ4n) is 6.43. The Morgan fingerprint density at radius 1 is 0.679 bits per heavy atom. The summed E-state index contributed by atoms with van der Waals surface area (Å²) in [7, 11) is 1.70. The molecule has 2 aliphatic rings. The molecule has 8 rings (SSSR count). The van der Waals surface area contributed by atoms with E-state index in [1.807, 2.05) is 68.4 Å². The Bertz CT molecular complexity index is 2240. The Labute approximate surface area is 313 Å². The van der Waals surface area contributed by atoms with Crippen molar-refractivity contribution in [2.75, 3.05) is 7.11 Å². The van der Waals surface area contributed by atoms with Crippen LogP contribution < -0.4 is 9.47 Å². The molecule has 2 atom stereocenters. The van der Waals surface area contributed by atoms with Gasteiger partial charge in [-0.2, -0.15) is 0 Å². The molecule has 264 valence electrons. The zero-order valence-electron chi connectivity index (χ0n) is 30.8. The number of ether oxygens (including phenoxy) is 2. The Morgan fingerprint density at radius 3 is 1.94 bits per heavy atom. The predicted octanol–water partition coefficient (Wildman–Crippen LogP) is 12.2. The molecule has 0 bridgehead atoms. The van der Waals surface area contributed by atoms with Gasteiger partial charge in [0.15, 0.2) is 17.5 Å². The summed E-state index contributed by atoms with van der Waals surface area (Å²) < 4.78 is 12.3. The van der Waals surface area contributed by atoms with Crippen LogP contribution >= 0.6 is 0 Å². The van der Waals surface area contributed by atoms with E-state index in [4.69, 9.17) is 24.4 Å². The van der Waals surface area contributed by atoms with Gasteiger partial charge in [-0.15, -0.1) is 6.58 Å². The van der Waals surface area contributed by atoms with Gasteiger partial charge in [0.25, 0.3) is 0 Å². The Balaban J connectivity index is 0.000000549. The highest BCUT2D eigenvalue weighted by molar-refractivity contribution is 5.87. The van der Waals surface area contributed by atoms with E-state index in [1.165, 1.54) is 5.56 Å². The molecule has 0 N–H and O–H groups in total. The van der Waals surface area contributed by atoms with Gasteiger partial charge in [0, 0.05) is 33.7 Å². The minimum atomic E-state index is -0.105. The van der Waals surface area contributed by atoms with Crippen LogP contribution in [0.3, 0.4) is 0 Å². The van der Waals surface area contributed by atoms with Crippen molar-refractivity contribution < 1.29 is 9.47 Å². The molecule has 0 amide bonds. The van der Waals surface area contributed by atoms with E-state index in [0.29, 0.717) is 17.5 Å². The second-order valence-corrected chi connectivity index (χ2v) is 12.5. The first-order valence-corrected chi connectivity index (χ1v) is 18.1. The molecule has 5 heteroatoms. The SMILES string of the molecule is C/C=C\CC.C=CC.COc1cc(-c2nc(C3=CC4Oc5ccccc5C4C=C3)nc(-c3ccccc3)n2)ccc1-c1ccccc1-c1ccccc1. The van der Waals surface area contributed by atoms with E-state index < -0.39 is 0 Å². The molecule has 53 heavy (non-hydrogen) atoms. The lowest BCUT2D eigenvalue weighted by Gasteiger charge is -2.18. The number of rotatable bonds is 7. The molecule has 1 aliphatic heterocycles. The number of benzene rings is 5. The fraction of sp³-hybridized carbons (Fsp3) is 0.146. The highest BCUT2D eigenvalue weighted by Crippen LogP contribution is 2.43. The highest BCUT2D eigenvalue weighted by atomic mass is 16.5. The number of fused-ring (bicyclic) bond motifs is 3. The summed E-state index contributed by atoms with van der Waals surface area (Å²) in [6.45, 7) is 9.41. The van der Waals surface area contributed by atoms with Crippen LogP contribution in [0.15, 0.2) is 170 Å². The van der Waals surface area contributed by atoms with Crippen molar-refractivity contribution in [2.24, 2.45) is 0 Å². The molecule has 0 spiro atoms. The molecule has 0 saturated carbocycles. The summed E-state index contributed by atoms with van der Waals surface area (Å²) in [6.07, 6.45) is 13.4. The lowest BCUT2D eigenvalue weighted by atomic mass is 9.89. The van der Waals surface area contributed by atoms with E-state index in [0.717, 1.165) is 56.9 Å². The molecular formula is C48H45N3O2. The Kier molecular flexibility index (Phi) is 12.2. The maximum atomic E-state index is 6.30. The molecule has 1 aromatic heterocycles. The van der Waals surface area contributed by atoms with Gasteiger partial charge < -0.3 is 9.47 Å². The van der Waals surface area contributed by atoms with Crippen molar-refractivity contribution in [3.8, 4) is 56.5 Å². The molecule has 5 aromatic carbocycles. The lowest BCUT2D eigenvalue weighted by molar-refractivity contribution is 0.269. The maximum Gasteiger partial charge on any atom is 0.164 e. The number of aromatic nitrogens is 3. The number of para-hydroxylation sites is 1. The van der Waals surface area contributed by atoms with Crippen molar-refractivity contribution >= 4 is 5.57 Å². The van der Waals surface area contributed by atoms with Crippen LogP contribution in [0.5, 0.6) is 11.5 Å². The number of allylic oxidation sites excluding steroid dienone is 5. The molecule has 2 unspecified atom stereocenters. The van der Waals surface area contributed by atoms with Gasteiger partial charge in [-0.1, -0.05) is 146 Å². The zero-order chi connectivity index (χ0) is 37.0. The zero-order valence-corrected chi connectivity index (χ0v) is 30.8. The van der Waals surface area contributed by atoms with Gasteiger partial charge in [0.05, 0.1) is 7.11 Å². The second kappa shape index (κ2) is 17.7. The first-order valence-electron chi connectivity index (χ1n) is 18.1. The van der Waals surface area contributed by atoms with Gasteiger partial charge in [-0.25, -0.2) is 15.0 Å². The number of hydrogen-bond donors (Lipinski definition) is 0. The smallest absolute Gasteiger partial charge is 0.164 e. The molecule has 0 radical (unpaired) electrons. The van der Waals surface area contributed by atoms with Crippen LogP contribution in [0.4, 0.5) is 0 Å². The fourth-order valence-corrected chi connectivity index (χ4v) is 6.43. The van der Waals surface area contributed by atoms with Gasteiger partial charge in [-0.05, 0) is 61.2 Å². The molecule has 6 aromatic rings. The van der Waals surface area contributed by atoms with Crippen LogP contribution in [0.1, 0.15) is 44.5 Å². The van der Waals surface area contributed by atoms with Gasteiger partial charge in [0.2, 0.25) is 0 Å². The van der Waals surface area contributed by atoms with Crippen molar-refractivity contribution in [1.29, 1.82) is 0 Å². The third kappa shape index (κ3) is 8.43. The summed E-state index contributed by atoms with van der Waals surface area (Å²) in [5.74, 6) is 3.64. The molecule has 0 saturated heterocycles.